The van der Waals surface area contributed by atoms with Crippen molar-refractivity contribution in [1.82, 2.24) is 4.90 Å². The second kappa shape index (κ2) is 8.10. The fraction of sp³-hybridized carbons (Fsp3) is 0.350. The zero-order valence-electron chi connectivity index (χ0n) is 14.9. The van der Waals surface area contributed by atoms with Crippen LogP contribution in [0.1, 0.15) is 41.3 Å². The lowest BCUT2D eigenvalue weighted by molar-refractivity contribution is -0.384. The molecule has 0 saturated carbocycles. The van der Waals surface area contributed by atoms with Crippen LogP contribution in [0.3, 0.4) is 0 Å². The van der Waals surface area contributed by atoms with Gasteiger partial charge in [0.25, 0.3) is 5.69 Å². The Bertz CT molecular complexity index is 796. The predicted octanol–water partition coefficient (Wildman–Crippen LogP) is 4.01. The van der Waals surface area contributed by atoms with Crippen LogP contribution in [-0.2, 0) is 13.1 Å². The van der Waals surface area contributed by atoms with Crippen molar-refractivity contribution < 1.29 is 9.72 Å². The normalized spacial score (nSPS) is 14.3. The van der Waals surface area contributed by atoms with Crippen LogP contribution in [0, 0.1) is 10.1 Å². The lowest BCUT2D eigenvalue weighted by atomic mass is 10.1. The Morgan fingerprint density at radius 3 is 2.38 bits per heavy atom. The van der Waals surface area contributed by atoms with E-state index in [4.69, 9.17) is 0 Å². The molecule has 6 nitrogen and oxygen atoms in total. The van der Waals surface area contributed by atoms with Gasteiger partial charge >= 0.3 is 0 Å². The van der Waals surface area contributed by atoms with Gasteiger partial charge in [0, 0.05) is 24.7 Å². The minimum atomic E-state index is -0.464. The molecule has 0 aromatic heterocycles. The van der Waals surface area contributed by atoms with Gasteiger partial charge in [0.1, 0.15) is 5.69 Å². The summed E-state index contributed by atoms with van der Waals surface area (Å²) in [7, 11) is 0. The van der Waals surface area contributed by atoms with Gasteiger partial charge in [-0.15, -0.1) is 0 Å². The SMILES string of the molecule is CC(=O)c1ccc(NCc2ccc(CN3CCCC3)cc2)c([N+](=O)[O-])c1. The number of carbonyl (C=O) groups excluding carboxylic acids is 1. The van der Waals surface area contributed by atoms with E-state index in [0.717, 1.165) is 12.1 Å². The molecule has 1 aliphatic heterocycles. The van der Waals surface area contributed by atoms with Crippen molar-refractivity contribution in [2.75, 3.05) is 18.4 Å². The Hall–Kier alpha value is -2.73. The molecule has 136 valence electrons. The first-order valence-corrected chi connectivity index (χ1v) is 8.86. The minimum Gasteiger partial charge on any atom is -0.375 e. The summed E-state index contributed by atoms with van der Waals surface area (Å²) in [4.78, 5) is 24.7. The van der Waals surface area contributed by atoms with Gasteiger partial charge in [-0.3, -0.25) is 19.8 Å². The van der Waals surface area contributed by atoms with Crippen LogP contribution < -0.4 is 5.32 Å². The topological polar surface area (TPSA) is 75.5 Å². The Labute approximate surface area is 153 Å². The smallest absolute Gasteiger partial charge is 0.293 e. The summed E-state index contributed by atoms with van der Waals surface area (Å²) in [6.07, 6.45) is 2.56. The van der Waals surface area contributed by atoms with Crippen LogP contribution in [0.15, 0.2) is 42.5 Å². The van der Waals surface area contributed by atoms with Crippen molar-refractivity contribution in [3.8, 4) is 0 Å². The first-order chi connectivity index (χ1) is 12.5. The number of nitrogens with zero attached hydrogens (tertiary/aromatic N) is 2. The summed E-state index contributed by atoms with van der Waals surface area (Å²) >= 11 is 0. The first kappa shape index (κ1) is 18.1. The summed E-state index contributed by atoms with van der Waals surface area (Å²) in [6.45, 7) is 5.21. The molecule has 1 aliphatic rings. The first-order valence-electron chi connectivity index (χ1n) is 8.86. The van der Waals surface area contributed by atoms with Gasteiger partial charge in [-0.1, -0.05) is 24.3 Å². The molecule has 0 atom stereocenters. The van der Waals surface area contributed by atoms with Crippen molar-refractivity contribution in [3.63, 3.8) is 0 Å². The molecule has 1 saturated heterocycles. The number of nitro benzene ring substituents is 1. The third kappa shape index (κ3) is 4.46. The Morgan fingerprint density at radius 1 is 1.12 bits per heavy atom. The number of ketones is 1. The molecular formula is C20H23N3O3. The molecule has 26 heavy (non-hydrogen) atoms. The van der Waals surface area contributed by atoms with Crippen LogP contribution in [0.4, 0.5) is 11.4 Å². The molecule has 0 spiro atoms. The molecule has 0 aliphatic carbocycles. The van der Waals surface area contributed by atoms with E-state index in [1.165, 1.54) is 44.5 Å². The molecule has 1 heterocycles. The summed E-state index contributed by atoms with van der Waals surface area (Å²) < 4.78 is 0. The molecule has 0 radical (unpaired) electrons. The van der Waals surface area contributed by atoms with Crippen molar-refractivity contribution >= 4 is 17.2 Å². The molecule has 3 rings (SSSR count). The van der Waals surface area contributed by atoms with E-state index >= 15 is 0 Å². The van der Waals surface area contributed by atoms with E-state index in [9.17, 15) is 14.9 Å². The standard InChI is InChI=1S/C20H23N3O3/c1-15(24)18-8-9-19(20(12-18)23(25)26)21-13-16-4-6-17(7-5-16)14-22-10-2-3-11-22/h4-9,12,21H,2-3,10-11,13-14H2,1H3. The highest BCUT2D eigenvalue weighted by Crippen LogP contribution is 2.26. The molecule has 6 heteroatoms. The highest BCUT2D eigenvalue weighted by molar-refractivity contribution is 5.95. The molecule has 2 aromatic carbocycles. The van der Waals surface area contributed by atoms with E-state index in [-0.39, 0.29) is 11.5 Å². The number of Topliss-reactive ketones (excluding diaryl/α,β-unsaturated/α-hetero) is 1. The quantitative estimate of drug-likeness (QED) is 0.462. The lowest BCUT2D eigenvalue weighted by Crippen LogP contribution is -2.18. The maximum atomic E-state index is 11.4. The fourth-order valence-corrected chi connectivity index (χ4v) is 3.21. The predicted molar refractivity (Wildman–Crippen MR) is 101 cm³/mol. The van der Waals surface area contributed by atoms with Crippen LogP contribution in [-0.4, -0.2) is 28.7 Å². The molecule has 0 amide bonds. The summed E-state index contributed by atoms with van der Waals surface area (Å²) in [5.41, 5.74) is 3.02. The maximum Gasteiger partial charge on any atom is 0.293 e. The molecule has 0 unspecified atom stereocenters. The summed E-state index contributed by atoms with van der Waals surface area (Å²) in [5, 5.41) is 14.4. The van der Waals surface area contributed by atoms with E-state index in [0.29, 0.717) is 17.8 Å². The molecule has 2 aromatic rings. The zero-order chi connectivity index (χ0) is 18.5. The molecule has 1 N–H and O–H groups in total. The Morgan fingerprint density at radius 2 is 1.77 bits per heavy atom. The highest BCUT2D eigenvalue weighted by Gasteiger charge is 2.16. The average molecular weight is 353 g/mol. The van der Waals surface area contributed by atoms with Gasteiger partial charge in [-0.2, -0.15) is 0 Å². The van der Waals surface area contributed by atoms with Crippen LogP contribution in [0.25, 0.3) is 0 Å². The van der Waals surface area contributed by atoms with Gasteiger partial charge in [-0.25, -0.2) is 0 Å². The van der Waals surface area contributed by atoms with Gasteiger partial charge in [-0.05, 0) is 56.1 Å². The van der Waals surface area contributed by atoms with Crippen LogP contribution in [0.2, 0.25) is 0 Å². The molecular weight excluding hydrogens is 330 g/mol. The van der Waals surface area contributed by atoms with E-state index < -0.39 is 4.92 Å². The Kier molecular flexibility index (Phi) is 5.63. The van der Waals surface area contributed by atoms with Crippen molar-refractivity contribution in [2.45, 2.75) is 32.9 Å². The van der Waals surface area contributed by atoms with E-state index in [1.807, 2.05) is 12.1 Å². The second-order valence-electron chi connectivity index (χ2n) is 6.70. The monoisotopic (exact) mass is 353 g/mol. The van der Waals surface area contributed by atoms with E-state index in [1.54, 1.807) is 12.1 Å². The van der Waals surface area contributed by atoms with E-state index in [2.05, 4.69) is 22.3 Å². The fourth-order valence-electron chi connectivity index (χ4n) is 3.21. The number of anilines is 1. The van der Waals surface area contributed by atoms with Crippen LogP contribution in [0.5, 0.6) is 0 Å². The molecule has 1 fully saturated rings. The second-order valence-corrected chi connectivity index (χ2v) is 6.70. The lowest BCUT2D eigenvalue weighted by Gasteiger charge is -2.15. The van der Waals surface area contributed by atoms with Crippen molar-refractivity contribution in [1.29, 1.82) is 0 Å². The van der Waals surface area contributed by atoms with Gasteiger partial charge in [0.05, 0.1) is 4.92 Å². The third-order valence-corrected chi connectivity index (χ3v) is 4.71. The number of nitrogens with one attached hydrogen (secondary N) is 1. The number of likely N-dealkylation sites (tertiary alicyclic amines) is 1. The summed E-state index contributed by atoms with van der Waals surface area (Å²) in [6, 6.07) is 12.9. The Balaban J connectivity index is 1.64. The van der Waals surface area contributed by atoms with Gasteiger partial charge < -0.3 is 5.32 Å². The highest BCUT2D eigenvalue weighted by atomic mass is 16.6. The van der Waals surface area contributed by atoms with Crippen molar-refractivity contribution in [3.05, 3.63) is 69.3 Å². The number of nitro groups is 1. The van der Waals surface area contributed by atoms with Crippen molar-refractivity contribution in [2.24, 2.45) is 0 Å². The zero-order valence-corrected chi connectivity index (χ0v) is 14.9. The largest absolute Gasteiger partial charge is 0.375 e. The number of hydrogen-bond donors (Lipinski definition) is 1. The average Bonchev–Trinajstić information content (AvgIpc) is 3.14. The number of carbonyl (C=O) groups is 1. The number of rotatable bonds is 7. The molecule has 0 bridgehead atoms. The minimum absolute atomic E-state index is 0.0802. The summed E-state index contributed by atoms with van der Waals surface area (Å²) in [5.74, 6) is -0.187. The number of hydrogen-bond acceptors (Lipinski definition) is 5. The van der Waals surface area contributed by atoms with Crippen LogP contribution >= 0.6 is 0 Å². The third-order valence-electron chi connectivity index (χ3n) is 4.71. The van der Waals surface area contributed by atoms with Gasteiger partial charge in [0.15, 0.2) is 5.78 Å². The van der Waals surface area contributed by atoms with Gasteiger partial charge in [0.2, 0.25) is 0 Å². The number of benzene rings is 2. The maximum absolute atomic E-state index is 11.4.